The van der Waals surface area contributed by atoms with E-state index in [4.69, 9.17) is 11.0 Å². The SMILES string of the molecule is CCC[C@@H](N)C(=O)NC1CCCC1C#N. The van der Waals surface area contributed by atoms with Crippen LogP contribution in [0.15, 0.2) is 0 Å². The second-order valence-electron chi connectivity index (χ2n) is 4.18. The van der Waals surface area contributed by atoms with Crippen molar-refractivity contribution in [3.63, 3.8) is 0 Å². The fraction of sp³-hybridized carbons (Fsp3) is 0.818. The van der Waals surface area contributed by atoms with Gasteiger partial charge in [0.05, 0.1) is 18.0 Å². The van der Waals surface area contributed by atoms with E-state index in [0.717, 1.165) is 25.7 Å². The summed E-state index contributed by atoms with van der Waals surface area (Å²) in [6, 6.07) is 1.83. The quantitative estimate of drug-likeness (QED) is 0.722. The number of hydrogen-bond donors (Lipinski definition) is 2. The Balaban J connectivity index is 2.41. The Morgan fingerprint density at radius 3 is 3.00 bits per heavy atom. The number of rotatable bonds is 4. The molecule has 0 aromatic carbocycles. The van der Waals surface area contributed by atoms with Gasteiger partial charge in [0.2, 0.25) is 5.91 Å². The minimum atomic E-state index is -0.421. The predicted octanol–water partition coefficient (Wildman–Crippen LogP) is 0.922. The maximum Gasteiger partial charge on any atom is 0.237 e. The first kappa shape index (κ1) is 12.0. The first-order valence-electron chi connectivity index (χ1n) is 5.64. The molecule has 0 aliphatic heterocycles. The van der Waals surface area contributed by atoms with Crippen molar-refractivity contribution in [2.75, 3.05) is 0 Å². The number of nitrogens with two attached hydrogens (primary N) is 1. The number of nitrogens with one attached hydrogen (secondary N) is 1. The fourth-order valence-corrected chi connectivity index (χ4v) is 2.02. The lowest BCUT2D eigenvalue weighted by Gasteiger charge is -2.18. The van der Waals surface area contributed by atoms with E-state index in [1.54, 1.807) is 0 Å². The van der Waals surface area contributed by atoms with Gasteiger partial charge in [-0.15, -0.1) is 0 Å². The highest BCUT2D eigenvalue weighted by Crippen LogP contribution is 2.24. The Kier molecular flexibility index (Phi) is 4.57. The molecule has 4 heteroatoms. The van der Waals surface area contributed by atoms with Crippen LogP contribution in [0.2, 0.25) is 0 Å². The molecule has 1 fully saturated rings. The van der Waals surface area contributed by atoms with Gasteiger partial charge in [0, 0.05) is 6.04 Å². The monoisotopic (exact) mass is 209 g/mol. The molecule has 1 aliphatic rings. The van der Waals surface area contributed by atoms with Crippen molar-refractivity contribution in [1.82, 2.24) is 5.32 Å². The molecule has 4 nitrogen and oxygen atoms in total. The Morgan fingerprint density at radius 2 is 2.40 bits per heavy atom. The van der Waals surface area contributed by atoms with Gasteiger partial charge in [-0.2, -0.15) is 5.26 Å². The first-order chi connectivity index (χ1) is 7.19. The summed E-state index contributed by atoms with van der Waals surface area (Å²) in [4.78, 5) is 11.6. The molecule has 0 heterocycles. The molecular weight excluding hydrogens is 190 g/mol. The van der Waals surface area contributed by atoms with Crippen LogP contribution in [-0.4, -0.2) is 18.0 Å². The van der Waals surface area contributed by atoms with E-state index in [1.165, 1.54) is 0 Å². The molecule has 0 saturated heterocycles. The zero-order valence-electron chi connectivity index (χ0n) is 9.20. The normalized spacial score (nSPS) is 27.0. The number of amides is 1. The molecule has 15 heavy (non-hydrogen) atoms. The van der Waals surface area contributed by atoms with E-state index in [-0.39, 0.29) is 17.9 Å². The molecule has 0 aromatic heterocycles. The van der Waals surface area contributed by atoms with Gasteiger partial charge in [-0.1, -0.05) is 13.3 Å². The molecule has 1 aliphatic carbocycles. The maximum atomic E-state index is 11.6. The average Bonchev–Trinajstić information content (AvgIpc) is 2.65. The Bertz CT molecular complexity index is 259. The van der Waals surface area contributed by atoms with Crippen LogP contribution in [0.3, 0.4) is 0 Å². The second kappa shape index (κ2) is 5.72. The minimum Gasteiger partial charge on any atom is -0.351 e. The lowest BCUT2D eigenvalue weighted by atomic mass is 10.0. The lowest BCUT2D eigenvalue weighted by Crippen LogP contribution is -2.46. The van der Waals surface area contributed by atoms with Crippen LogP contribution < -0.4 is 11.1 Å². The minimum absolute atomic E-state index is 0.0189. The van der Waals surface area contributed by atoms with E-state index < -0.39 is 6.04 Å². The summed E-state index contributed by atoms with van der Waals surface area (Å²) in [5.41, 5.74) is 5.70. The molecule has 1 amide bonds. The number of carbonyl (C=O) groups is 1. The van der Waals surface area contributed by atoms with Gasteiger partial charge in [-0.25, -0.2) is 0 Å². The van der Waals surface area contributed by atoms with Crippen molar-refractivity contribution in [3.05, 3.63) is 0 Å². The largest absolute Gasteiger partial charge is 0.351 e. The smallest absolute Gasteiger partial charge is 0.237 e. The van der Waals surface area contributed by atoms with E-state index in [9.17, 15) is 4.79 Å². The zero-order chi connectivity index (χ0) is 11.3. The molecular formula is C11H19N3O. The van der Waals surface area contributed by atoms with Gasteiger partial charge in [-0.05, 0) is 25.7 Å². The highest BCUT2D eigenvalue weighted by atomic mass is 16.2. The van der Waals surface area contributed by atoms with Crippen molar-refractivity contribution in [3.8, 4) is 6.07 Å². The average molecular weight is 209 g/mol. The third kappa shape index (κ3) is 3.21. The molecule has 2 unspecified atom stereocenters. The Morgan fingerprint density at radius 1 is 1.67 bits per heavy atom. The van der Waals surface area contributed by atoms with Gasteiger partial charge >= 0.3 is 0 Å². The summed E-state index contributed by atoms with van der Waals surface area (Å²) in [6.45, 7) is 2.00. The van der Waals surface area contributed by atoms with Gasteiger partial charge in [0.1, 0.15) is 0 Å². The van der Waals surface area contributed by atoms with Crippen LogP contribution in [0, 0.1) is 17.2 Å². The van der Waals surface area contributed by atoms with Crippen LogP contribution in [0.5, 0.6) is 0 Å². The molecule has 0 spiro atoms. The summed E-state index contributed by atoms with van der Waals surface area (Å²) in [5, 5.41) is 11.7. The molecule has 3 atom stereocenters. The highest BCUT2D eigenvalue weighted by Gasteiger charge is 2.29. The van der Waals surface area contributed by atoms with Crippen LogP contribution in [0.1, 0.15) is 39.0 Å². The molecule has 3 N–H and O–H groups in total. The molecule has 1 rings (SSSR count). The van der Waals surface area contributed by atoms with Crippen molar-refractivity contribution in [1.29, 1.82) is 5.26 Å². The fourth-order valence-electron chi connectivity index (χ4n) is 2.02. The second-order valence-corrected chi connectivity index (χ2v) is 4.18. The zero-order valence-corrected chi connectivity index (χ0v) is 9.20. The van der Waals surface area contributed by atoms with E-state index in [1.807, 2.05) is 6.92 Å². The molecule has 1 saturated carbocycles. The van der Waals surface area contributed by atoms with Crippen molar-refractivity contribution < 1.29 is 4.79 Å². The summed E-state index contributed by atoms with van der Waals surface area (Å²) in [7, 11) is 0. The first-order valence-corrected chi connectivity index (χ1v) is 5.64. The van der Waals surface area contributed by atoms with Gasteiger partial charge in [0.25, 0.3) is 0 Å². The standard InChI is InChI=1S/C11H19N3O/c1-2-4-9(13)11(15)14-10-6-3-5-8(10)7-12/h8-10H,2-6,13H2,1H3,(H,14,15)/t8?,9-,10?/m1/s1. The summed E-state index contributed by atoms with van der Waals surface area (Å²) >= 11 is 0. The Hall–Kier alpha value is -1.08. The number of nitriles is 1. The number of carbonyl (C=O) groups excluding carboxylic acids is 1. The lowest BCUT2D eigenvalue weighted by molar-refractivity contribution is -0.123. The highest BCUT2D eigenvalue weighted by molar-refractivity contribution is 5.81. The third-order valence-electron chi connectivity index (χ3n) is 2.95. The van der Waals surface area contributed by atoms with Gasteiger partial charge < -0.3 is 11.1 Å². The van der Waals surface area contributed by atoms with E-state index >= 15 is 0 Å². The summed E-state index contributed by atoms with van der Waals surface area (Å²) in [6.07, 6.45) is 4.43. The van der Waals surface area contributed by atoms with Crippen LogP contribution in [0.4, 0.5) is 0 Å². The van der Waals surface area contributed by atoms with Gasteiger partial charge in [-0.3, -0.25) is 4.79 Å². The number of hydrogen-bond acceptors (Lipinski definition) is 3. The van der Waals surface area contributed by atoms with Crippen LogP contribution >= 0.6 is 0 Å². The van der Waals surface area contributed by atoms with E-state index in [0.29, 0.717) is 6.42 Å². The summed E-state index contributed by atoms with van der Waals surface area (Å²) in [5.74, 6) is -0.133. The summed E-state index contributed by atoms with van der Waals surface area (Å²) < 4.78 is 0. The molecule has 0 radical (unpaired) electrons. The molecule has 84 valence electrons. The van der Waals surface area contributed by atoms with Crippen molar-refractivity contribution in [2.45, 2.75) is 51.1 Å². The topological polar surface area (TPSA) is 78.9 Å². The van der Waals surface area contributed by atoms with Crippen LogP contribution in [0.25, 0.3) is 0 Å². The number of nitrogens with zero attached hydrogens (tertiary/aromatic N) is 1. The van der Waals surface area contributed by atoms with Crippen LogP contribution in [-0.2, 0) is 4.79 Å². The predicted molar refractivity (Wildman–Crippen MR) is 57.8 cm³/mol. The van der Waals surface area contributed by atoms with Gasteiger partial charge in [0.15, 0.2) is 0 Å². The molecule has 0 bridgehead atoms. The van der Waals surface area contributed by atoms with E-state index in [2.05, 4.69) is 11.4 Å². The maximum absolute atomic E-state index is 11.6. The third-order valence-corrected chi connectivity index (χ3v) is 2.95. The van der Waals surface area contributed by atoms with Crippen molar-refractivity contribution in [2.24, 2.45) is 11.7 Å². The Labute approximate surface area is 90.8 Å². The van der Waals surface area contributed by atoms with Crippen molar-refractivity contribution >= 4 is 5.91 Å². The molecule has 0 aromatic rings.